The molecule has 3 aliphatic heterocycles. The summed E-state index contributed by atoms with van der Waals surface area (Å²) in [6, 6.07) is 15.9. The minimum Gasteiger partial charge on any atom is -0.454 e. The fourth-order valence-corrected chi connectivity index (χ4v) is 5.66. The molecule has 2 aromatic rings. The second-order valence-corrected chi connectivity index (χ2v) is 10.9. The Labute approximate surface area is 244 Å². The van der Waals surface area contributed by atoms with E-state index in [0.717, 1.165) is 13.8 Å². The van der Waals surface area contributed by atoms with Crippen LogP contribution in [0.25, 0.3) is 0 Å². The van der Waals surface area contributed by atoms with E-state index in [2.05, 4.69) is 0 Å². The van der Waals surface area contributed by atoms with Crippen molar-refractivity contribution in [1.29, 1.82) is 0 Å². The van der Waals surface area contributed by atoms with Gasteiger partial charge in [-0.3, -0.25) is 14.1 Å². The molecule has 6 rings (SSSR count). The summed E-state index contributed by atoms with van der Waals surface area (Å²) in [6.07, 6.45) is -11.7. The van der Waals surface area contributed by atoms with Gasteiger partial charge in [-0.25, -0.2) is 14.2 Å². The molecule has 43 heavy (non-hydrogen) atoms. The Morgan fingerprint density at radius 2 is 1.05 bits per heavy atom. The Hall–Kier alpha value is -3.69. The highest BCUT2D eigenvalue weighted by molar-refractivity contribution is 7.46. The van der Waals surface area contributed by atoms with Crippen molar-refractivity contribution in [3.8, 4) is 0 Å². The van der Waals surface area contributed by atoms with E-state index in [1.807, 2.05) is 0 Å². The number of benzene rings is 2. The zero-order valence-electron chi connectivity index (χ0n) is 22.6. The monoisotopic (exact) mass is 622 g/mol. The van der Waals surface area contributed by atoms with Gasteiger partial charge < -0.3 is 42.9 Å². The summed E-state index contributed by atoms with van der Waals surface area (Å²) in [4.78, 5) is 69.7. The lowest BCUT2D eigenvalue weighted by Gasteiger charge is -2.57. The molecular weight excluding hydrogens is 595 g/mol. The highest BCUT2D eigenvalue weighted by Crippen LogP contribution is 2.49. The fraction of sp³-hybridized carbons (Fsp3) is 0.407. The minimum absolute atomic E-state index is 0.273. The Morgan fingerprint density at radius 3 is 1.40 bits per heavy atom. The van der Waals surface area contributed by atoms with Gasteiger partial charge >= 0.3 is 31.7 Å². The smallest absolute Gasteiger partial charge is 0.454 e. The predicted molar refractivity (Wildman–Crippen MR) is 137 cm³/mol. The molecule has 3 saturated heterocycles. The molecule has 0 radical (unpaired) electrons. The topological polar surface area (TPSA) is 200 Å². The molecule has 1 saturated carbocycles. The van der Waals surface area contributed by atoms with Gasteiger partial charge in [0.05, 0.1) is 0 Å². The number of rotatable bonds is 10. The summed E-state index contributed by atoms with van der Waals surface area (Å²) < 4.78 is 55.5. The lowest BCUT2D eigenvalue weighted by Crippen LogP contribution is -2.76. The van der Waals surface area contributed by atoms with Gasteiger partial charge in [0.1, 0.15) is 24.4 Å². The van der Waals surface area contributed by atoms with Crippen LogP contribution in [0.15, 0.2) is 60.7 Å². The van der Waals surface area contributed by atoms with E-state index in [9.17, 15) is 33.5 Å². The van der Waals surface area contributed by atoms with Crippen LogP contribution < -0.4 is 0 Å². The van der Waals surface area contributed by atoms with E-state index in [4.69, 9.17) is 37.7 Å². The molecule has 1 aliphatic carbocycles. The Kier molecular flexibility index (Phi) is 8.94. The molecule has 0 spiro atoms. The van der Waals surface area contributed by atoms with Crippen LogP contribution >= 0.6 is 7.82 Å². The summed E-state index contributed by atoms with van der Waals surface area (Å²) >= 11 is 0. The molecule has 4 fully saturated rings. The van der Waals surface area contributed by atoms with Gasteiger partial charge in [-0.05, 0) is 0 Å². The molecule has 4 bridgehead atoms. The van der Waals surface area contributed by atoms with Crippen molar-refractivity contribution in [1.82, 2.24) is 0 Å². The second kappa shape index (κ2) is 12.5. The quantitative estimate of drug-likeness (QED) is 0.219. The maximum Gasteiger partial charge on any atom is 0.470 e. The maximum absolute atomic E-state index is 13.4. The lowest BCUT2D eigenvalue weighted by molar-refractivity contribution is -0.479. The Morgan fingerprint density at radius 1 is 0.674 bits per heavy atom. The molecule has 2 N–H and O–H groups in total. The standard InChI is InChI=1S/C27H27O15P/c1-13(28)35-17(15-9-5-3-6-10-15)25(30)37-19-21-20(23-24(42-43(32,33)34)22(19)40-27(39-21)41-23)38-26(31)18(36-14(2)29)16-11-7-4-8-12-16/h3-12,17-24,27H,1-2H3,(H2,32,33,34)/t17-,18-,19-,20+,21?,22-,23+,24?,27?/m0/s1. The van der Waals surface area contributed by atoms with E-state index in [0.29, 0.717) is 0 Å². The van der Waals surface area contributed by atoms with Crippen LogP contribution in [0.3, 0.4) is 0 Å². The molecule has 16 heteroatoms. The summed E-state index contributed by atoms with van der Waals surface area (Å²) in [5.74, 6) is -3.73. The lowest BCUT2D eigenvalue weighted by atomic mass is 9.82. The van der Waals surface area contributed by atoms with Crippen LogP contribution in [0.1, 0.15) is 37.2 Å². The number of hydrogen-bond donors (Lipinski definition) is 2. The molecule has 0 aromatic heterocycles. The van der Waals surface area contributed by atoms with Crippen molar-refractivity contribution >= 4 is 31.7 Å². The molecule has 0 amide bonds. The minimum atomic E-state index is -5.21. The van der Waals surface area contributed by atoms with E-state index in [-0.39, 0.29) is 11.1 Å². The average molecular weight is 622 g/mol. The van der Waals surface area contributed by atoms with Crippen molar-refractivity contribution in [3.63, 3.8) is 0 Å². The van der Waals surface area contributed by atoms with E-state index in [1.54, 1.807) is 36.4 Å². The molecular formula is C27H27O15P. The number of esters is 4. The van der Waals surface area contributed by atoms with E-state index >= 15 is 0 Å². The van der Waals surface area contributed by atoms with Crippen molar-refractivity contribution in [2.75, 3.05) is 0 Å². The third kappa shape index (κ3) is 6.94. The van der Waals surface area contributed by atoms with Crippen LogP contribution in [0.2, 0.25) is 0 Å². The normalized spacial score (nSPS) is 28.8. The molecule has 3 heterocycles. The summed E-state index contributed by atoms with van der Waals surface area (Å²) in [5, 5.41) is 0. The SMILES string of the molecule is CC(=O)O[C@H](C(=O)O[C@@H]1C2OC3O[C@H](C(OP(=O)(O)O)[C@@H]1O3)[C@H]2OC(=O)[C@@H](OC(C)=O)c1ccccc1)c1ccccc1. The molecule has 2 aromatic carbocycles. The number of carbonyl (C=O) groups excluding carboxylic acids is 4. The molecule has 230 valence electrons. The average Bonchev–Trinajstić information content (AvgIpc) is 2.95. The second-order valence-electron chi connectivity index (χ2n) is 9.75. The zero-order chi connectivity index (χ0) is 30.9. The largest absolute Gasteiger partial charge is 0.470 e. The van der Waals surface area contributed by atoms with Crippen molar-refractivity contribution in [2.24, 2.45) is 0 Å². The predicted octanol–water partition coefficient (Wildman–Crippen LogP) is 1.38. The third-order valence-electron chi connectivity index (χ3n) is 6.71. The van der Waals surface area contributed by atoms with Crippen LogP contribution in [0.5, 0.6) is 0 Å². The zero-order valence-corrected chi connectivity index (χ0v) is 23.5. The van der Waals surface area contributed by atoms with Gasteiger partial charge in [-0.15, -0.1) is 0 Å². The fourth-order valence-electron chi connectivity index (χ4n) is 5.10. The third-order valence-corrected chi connectivity index (χ3v) is 7.23. The number of ether oxygens (including phenoxy) is 7. The van der Waals surface area contributed by atoms with Gasteiger partial charge in [0, 0.05) is 25.0 Å². The van der Waals surface area contributed by atoms with E-state index in [1.165, 1.54) is 24.3 Å². The highest BCUT2D eigenvalue weighted by atomic mass is 31.2. The van der Waals surface area contributed by atoms with Crippen molar-refractivity contribution in [3.05, 3.63) is 71.8 Å². The van der Waals surface area contributed by atoms with Gasteiger partial charge in [0.15, 0.2) is 12.2 Å². The summed E-state index contributed by atoms with van der Waals surface area (Å²) in [6.45, 7) is 0.820. The Balaban J connectivity index is 1.46. The highest BCUT2D eigenvalue weighted by Gasteiger charge is 2.66. The van der Waals surface area contributed by atoms with Gasteiger partial charge in [0.2, 0.25) is 12.2 Å². The van der Waals surface area contributed by atoms with Crippen LogP contribution in [-0.2, 0) is 61.4 Å². The first-order valence-corrected chi connectivity index (χ1v) is 14.5. The van der Waals surface area contributed by atoms with Gasteiger partial charge in [-0.2, -0.15) is 0 Å². The number of phosphoric acid groups is 1. The molecule has 9 atom stereocenters. The molecule has 4 aliphatic rings. The van der Waals surface area contributed by atoms with Crippen molar-refractivity contribution < 1.29 is 71.2 Å². The van der Waals surface area contributed by atoms with Gasteiger partial charge in [0.25, 0.3) is 6.48 Å². The maximum atomic E-state index is 13.4. The number of carbonyl (C=O) groups is 4. The summed E-state index contributed by atoms with van der Waals surface area (Å²) in [5.41, 5.74) is 0.546. The first kappa shape index (κ1) is 30.8. The van der Waals surface area contributed by atoms with Crippen LogP contribution in [0, 0.1) is 0 Å². The van der Waals surface area contributed by atoms with Gasteiger partial charge in [-0.1, -0.05) is 60.7 Å². The van der Waals surface area contributed by atoms with E-state index < -0.39 is 87.0 Å². The summed E-state index contributed by atoms with van der Waals surface area (Å²) in [7, 11) is -5.21. The first-order chi connectivity index (χ1) is 20.4. The van der Waals surface area contributed by atoms with Crippen molar-refractivity contribution in [2.45, 2.75) is 69.2 Å². The first-order valence-electron chi connectivity index (χ1n) is 13.0. The number of phosphoric ester groups is 1. The Bertz CT molecular complexity index is 1300. The van der Waals surface area contributed by atoms with Crippen LogP contribution in [-0.4, -0.2) is 76.8 Å². The van der Waals surface area contributed by atoms with Crippen LogP contribution in [0.4, 0.5) is 0 Å². The number of hydrogen-bond acceptors (Lipinski definition) is 13. The molecule has 3 unspecified atom stereocenters. The molecule has 15 nitrogen and oxygen atoms in total.